The van der Waals surface area contributed by atoms with Crippen molar-refractivity contribution in [3.63, 3.8) is 0 Å². The predicted molar refractivity (Wildman–Crippen MR) is 44.7 cm³/mol. The molecular formula is C8H14N2O2. The molecule has 0 spiro atoms. The fourth-order valence-electron chi connectivity index (χ4n) is 1.46. The van der Waals surface area contributed by atoms with Crippen LogP contribution in [0.25, 0.3) is 0 Å². The second kappa shape index (κ2) is 3.67. The first kappa shape index (κ1) is 9.19. The first-order valence-electron chi connectivity index (χ1n) is 4.11. The van der Waals surface area contributed by atoms with E-state index in [1.54, 1.807) is 11.9 Å². The van der Waals surface area contributed by atoms with Crippen molar-refractivity contribution in [3.05, 3.63) is 0 Å². The Morgan fingerprint density at radius 2 is 1.92 bits per heavy atom. The summed E-state index contributed by atoms with van der Waals surface area (Å²) in [6, 6.07) is 0. The van der Waals surface area contributed by atoms with Gasteiger partial charge in [0.15, 0.2) is 0 Å². The van der Waals surface area contributed by atoms with Crippen molar-refractivity contribution >= 4 is 12.7 Å². The number of aldehydes is 1. The lowest BCUT2D eigenvalue weighted by Crippen LogP contribution is -2.52. The highest BCUT2D eigenvalue weighted by Gasteiger charge is 2.31. The van der Waals surface area contributed by atoms with E-state index in [1.807, 2.05) is 0 Å². The maximum absolute atomic E-state index is 10.7. The Labute approximate surface area is 71.9 Å². The Bertz CT molecular complexity index is 174. The summed E-state index contributed by atoms with van der Waals surface area (Å²) in [7, 11) is 1.78. The van der Waals surface area contributed by atoms with E-state index in [0.717, 1.165) is 12.7 Å². The van der Waals surface area contributed by atoms with Crippen molar-refractivity contribution in [1.82, 2.24) is 10.2 Å². The van der Waals surface area contributed by atoms with Gasteiger partial charge < -0.3 is 15.0 Å². The average molecular weight is 170 g/mol. The van der Waals surface area contributed by atoms with Crippen molar-refractivity contribution in [2.24, 2.45) is 0 Å². The Balaban J connectivity index is 2.52. The van der Waals surface area contributed by atoms with Crippen LogP contribution in [-0.4, -0.2) is 43.3 Å². The van der Waals surface area contributed by atoms with E-state index in [-0.39, 0.29) is 5.54 Å². The summed E-state index contributed by atoms with van der Waals surface area (Å²) in [5, 5.41) is 3.00. The van der Waals surface area contributed by atoms with E-state index in [4.69, 9.17) is 0 Å². The number of hydrogen-bond donors (Lipinski definition) is 1. The van der Waals surface area contributed by atoms with Gasteiger partial charge in [-0.05, 0) is 19.9 Å². The molecule has 1 amide bonds. The lowest BCUT2D eigenvalue weighted by molar-refractivity contribution is -0.122. The van der Waals surface area contributed by atoms with Gasteiger partial charge in [0.1, 0.15) is 6.29 Å². The van der Waals surface area contributed by atoms with Crippen molar-refractivity contribution in [2.75, 3.05) is 20.1 Å². The molecule has 0 unspecified atom stereocenters. The Morgan fingerprint density at radius 3 is 2.25 bits per heavy atom. The number of carbonyl (C=O) groups is 2. The van der Waals surface area contributed by atoms with E-state index < -0.39 is 0 Å². The maximum atomic E-state index is 10.7. The fourth-order valence-corrected chi connectivity index (χ4v) is 1.46. The van der Waals surface area contributed by atoms with Crippen molar-refractivity contribution in [3.8, 4) is 0 Å². The Kier molecular flexibility index (Phi) is 2.81. The van der Waals surface area contributed by atoms with Crippen LogP contribution in [0.5, 0.6) is 0 Å². The van der Waals surface area contributed by atoms with E-state index in [2.05, 4.69) is 5.32 Å². The molecule has 68 valence electrons. The van der Waals surface area contributed by atoms with Gasteiger partial charge in [-0.3, -0.25) is 4.79 Å². The van der Waals surface area contributed by atoms with Gasteiger partial charge in [-0.25, -0.2) is 0 Å². The van der Waals surface area contributed by atoms with E-state index >= 15 is 0 Å². The predicted octanol–water partition coefficient (Wildman–Crippen LogP) is -0.604. The van der Waals surface area contributed by atoms with Gasteiger partial charge in [-0.15, -0.1) is 0 Å². The maximum Gasteiger partial charge on any atom is 0.209 e. The van der Waals surface area contributed by atoms with Crippen LogP contribution in [0.2, 0.25) is 0 Å². The third kappa shape index (κ3) is 1.64. The average Bonchev–Trinajstić information content (AvgIpc) is 2.18. The number of likely N-dealkylation sites (tertiary alicyclic amines) is 1. The summed E-state index contributed by atoms with van der Waals surface area (Å²) in [6.45, 7) is 1.34. The third-order valence-corrected chi connectivity index (χ3v) is 2.56. The van der Waals surface area contributed by atoms with Gasteiger partial charge in [0.25, 0.3) is 0 Å². The minimum absolute atomic E-state index is 0.389. The van der Waals surface area contributed by atoms with Crippen LogP contribution in [0.15, 0.2) is 0 Å². The lowest BCUT2D eigenvalue weighted by atomic mass is 9.89. The van der Waals surface area contributed by atoms with Crippen LogP contribution >= 0.6 is 0 Å². The van der Waals surface area contributed by atoms with Crippen LogP contribution in [-0.2, 0) is 9.59 Å². The van der Waals surface area contributed by atoms with Crippen molar-refractivity contribution in [1.29, 1.82) is 0 Å². The molecule has 12 heavy (non-hydrogen) atoms. The van der Waals surface area contributed by atoms with Gasteiger partial charge in [-0.2, -0.15) is 0 Å². The number of rotatable bonds is 3. The lowest BCUT2D eigenvalue weighted by Gasteiger charge is -2.36. The highest BCUT2D eigenvalue weighted by atomic mass is 16.1. The van der Waals surface area contributed by atoms with Gasteiger partial charge in [-0.1, -0.05) is 0 Å². The summed E-state index contributed by atoms with van der Waals surface area (Å²) in [5.41, 5.74) is -0.389. The molecule has 1 fully saturated rings. The second-order valence-corrected chi connectivity index (χ2v) is 3.17. The molecule has 1 saturated heterocycles. The number of nitrogens with zero attached hydrogens (tertiary/aromatic N) is 1. The molecule has 1 aliphatic rings. The van der Waals surface area contributed by atoms with Crippen molar-refractivity contribution < 1.29 is 9.59 Å². The van der Waals surface area contributed by atoms with E-state index in [0.29, 0.717) is 25.9 Å². The highest BCUT2D eigenvalue weighted by Crippen LogP contribution is 2.18. The second-order valence-electron chi connectivity index (χ2n) is 3.17. The van der Waals surface area contributed by atoms with E-state index in [9.17, 15) is 9.59 Å². The first-order valence-corrected chi connectivity index (χ1v) is 4.11. The van der Waals surface area contributed by atoms with Gasteiger partial charge >= 0.3 is 0 Å². The molecule has 4 heteroatoms. The molecule has 0 aromatic rings. The number of nitrogens with one attached hydrogen (secondary N) is 1. The zero-order chi connectivity index (χ0) is 9.03. The Hall–Kier alpha value is -0.900. The van der Waals surface area contributed by atoms with Crippen LogP contribution in [0.1, 0.15) is 12.8 Å². The summed E-state index contributed by atoms with van der Waals surface area (Å²) in [6.07, 6.45) is 3.22. The molecule has 1 aliphatic heterocycles. The van der Waals surface area contributed by atoms with Crippen LogP contribution in [0.3, 0.4) is 0 Å². The molecule has 0 aromatic carbocycles. The molecule has 1 N–H and O–H groups in total. The van der Waals surface area contributed by atoms with Gasteiger partial charge in [0.2, 0.25) is 6.41 Å². The number of hydrogen-bond acceptors (Lipinski definition) is 3. The standard InChI is InChI=1S/C8H14N2O2/c1-9-8(6-11)2-4-10(7-12)5-3-8/h6-7,9H,2-5H2,1H3. The molecule has 4 nitrogen and oxygen atoms in total. The van der Waals surface area contributed by atoms with Gasteiger partial charge in [0, 0.05) is 13.1 Å². The number of likely N-dealkylation sites (N-methyl/N-ethyl adjacent to an activating group) is 1. The van der Waals surface area contributed by atoms with E-state index in [1.165, 1.54) is 0 Å². The first-order chi connectivity index (χ1) is 5.76. The number of piperidine rings is 1. The monoisotopic (exact) mass is 170 g/mol. The minimum Gasteiger partial charge on any atom is -0.345 e. The summed E-state index contributed by atoms with van der Waals surface area (Å²) >= 11 is 0. The molecule has 0 saturated carbocycles. The number of carbonyl (C=O) groups excluding carboxylic acids is 2. The quantitative estimate of drug-likeness (QED) is 0.575. The summed E-state index contributed by atoms with van der Waals surface area (Å²) in [5.74, 6) is 0. The summed E-state index contributed by atoms with van der Waals surface area (Å²) < 4.78 is 0. The molecule has 0 radical (unpaired) electrons. The van der Waals surface area contributed by atoms with Crippen LogP contribution in [0.4, 0.5) is 0 Å². The molecule has 0 atom stereocenters. The zero-order valence-corrected chi connectivity index (χ0v) is 7.25. The third-order valence-electron chi connectivity index (χ3n) is 2.56. The minimum atomic E-state index is -0.389. The SMILES string of the molecule is CNC1(C=O)CCN(C=O)CC1. The van der Waals surface area contributed by atoms with Gasteiger partial charge in [0.05, 0.1) is 5.54 Å². The zero-order valence-electron chi connectivity index (χ0n) is 7.25. The molecular weight excluding hydrogens is 156 g/mol. The smallest absolute Gasteiger partial charge is 0.209 e. The largest absolute Gasteiger partial charge is 0.345 e. The summed E-state index contributed by atoms with van der Waals surface area (Å²) in [4.78, 5) is 22.8. The molecule has 0 aliphatic carbocycles. The van der Waals surface area contributed by atoms with Crippen molar-refractivity contribution in [2.45, 2.75) is 18.4 Å². The fraction of sp³-hybridized carbons (Fsp3) is 0.750. The number of amides is 1. The van der Waals surface area contributed by atoms with Crippen LogP contribution < -0.4 is 5.32 Å². The molecule has 0 aromatic heterocycles. The van der Waals surface area contributed by atoms with Crippen LogP contribution in [0, 0.1) is 0 Å². The highest BCUT2D eigenvalue weighted by molar-refractivity contribution is 5.65. The molecule has 1 heterocycles. The Morgan fingerprint density at radius 1 is 1.33 bits per heavy atom. The normalized spacial score (nSPS) is 21.9. The molecule has 1 rings (SSSR count). The molecule has 0 bridgehead atoms. The topological polar surface area (TPSA) is 49.4 Å².